The summed E-state index contributed by atoms with van der Waals surface area (Å²) < 4.78 is 0. The van der Waals surface area contributed by atoms with Gasteiger partial charge in [0.15, 0.2) is 5.84 Å². The van der Waals surface area contributed by atoms with E-state index in [1.165, 1.54) is 81.8 Å². The zero-order valence-electron chi connectivity index (χ0n) is 29.8. The van der Waals surface area contributed by atoms with Crippen LogP contribution in [0.3, 0.4) is 0 Å². The van der Waals surface area contributed by atoms with Crippen LogP contribution >= 0.6 is 11.8 Å². The highest BCUT2D eigenvalue weighted by atomic mass is 32.2. The van der Waals surface area contributed by atoms with Crippen LogP contribution in [0.1, 0.15) is 45.4 Å². The SMILES string of the molecule is C1=NC(c2ccc3c(c2)-c2cccc4cccc-3c24)=NC(c2ccc3c(c2)-c2ccccc2C32c3ccccc3Sc3ccccc32)=C(c2ccccc2)C1. The van der Waals surface area contributed by atoms with Gasteiger partial charge in [-0.25, -0.2) is 9.98 Å². The fraction of sp³-hybridized carbons (Fsp3) is 0.0385. The topological polar surface area (TPSA) is 24.7 Å². The van der Waals surface area contributed by atoms with Crippen molar-refractivity contribution in [2.75, 3.05) is 0 Å². The summed E-state index contributed by atoms with van der Waals surface area (Å²) >= 11 is 1.88. The number of hydrogen-bond acceptors (Lipinski definition) is 3. The lowest BCUT2D eigenvalue weighted by Gasteiger charge is -2.39. The normalized spacial score (nSPS) is 15.2. The molecule has 0 fully saturated rings. The number of nitrogens with zero attached hydrogens (tertiary/aromatic N) is 2. The average Bonchev–Trinajstić information content (AvgIpc) is 3.60. The summed E-state index contributed by atoms with van der Waals surface area (Å²) in [4.78, 5) is 13.2. The molecule has 0 atom stereocenters. The minimum absolute atomic E-state index is 0.411. The predicted octanol–water partition coefficient (Wildman–Crippen LogP) is 13.1. The van der Waals surface area contributed by atoms with Gasteiger partial charge in [0, 0.05) is 33.6 Å². The van der Waals surface area contributed by atoms with Crippen LogP contribution in [-0.4, -0.2) is 12.1 Å². The monoisotopic (exact) mass is 716 g/mol. The molecule has 256 valence electrons. The molecule has 0 saturated carbocycles. The summed E-state index contributed by atoms with van der Waals surface area (Å²) in [5, 5.41) is 2.60. The van der Waals surface area contributed by atoms with E-state index in [-0.39, 0.29) is 0 Å². The molecule has 3 heteroatoms. The Morgan fingerprint density at radius 2 is 1.05 bits per heavy atom. The minimum atomic E-state index is -0.411. The van der Waals surface area contributed by atoms with Crippen molar-refractivity contribution in [3.05, 3.63) is 215 Å². The number of amidine groups is 1. The van der Waals surface area contributed by atoms with E-state index < -0.39 is 5.41 Å². The fourth-order valence-electron chi connectivity index (χ4n) is 9.73. The molecule has 8 aromatic carbocycles. The van der Waals surface area contributed by atoms with Gasteiger partial charge in [-0.05, 0) is 102 Å². The van der Waals surface area contributed by atoms with E-state index in [1.54, 1.807) is 0 Å². The largest absolute Gasteiger partial charge is 0.241 e. The molecular weight excluding hydrogens is 685 g/mol. The Bertz CT molecular complexity index is 2990. The molecule has 0 saturated heterocycles. The summed E-state index contributed by atoms with van der Waals surface area (Å²) in [5.74, 6) is 0.733. The van der Waals surface area contributed by atoms with Gasteiger partial charge in [0.2, 0.25) is 0 Å². The van der Waals surface area contributed by atoms with Crippen LogP contribution in [0.25, 0.3) is 55.4 Å². The first-order valence-electron chi connectivity index (χ1n) is 19.0. The van der Waals surface area contributed by atoms with E-state index in [1.807, 2.05) is 18.0 Å². The van der Waals surface area contributed by atoms with Gasteiger partial charge in [-0.1, -0.05) is 163 Å². The number of rotatable bonds is 3. The Morgan fingerprint density at radius 3 is 1.84 bits per heavy atom. The summed E-state index contributed by atoms with van der Waals surface area (Å²) in [7, 11) is 0. The van der Waals surface area contributed by atoms with Crippen LogP contribution in [0.15, 0.2) is 196 Å². The molecule has 0 radical (unpaired) electrons. The van der Waals surface area contributed by atoms with Gasteiger partial charge in [-0.2, -0.15) is 0 Å². The van der Waals surface area contributed by atoms with Gasteiger partial charge in [0.1, 0.15) is 0 Å². The van der Waals surface area contributed by atoms with Gasteiger partial charge in [0.25, 0.3) is 0 Å². The number of aliphatic imine (C=N–C) groups is 2. The van der Waals surface area contributed by atoms with E-state index in [0.29, 0.717) is 6.42 Å². The second-order valence-electron chi connectivity index (χ2n) is 14.8. The lowest BCUT2D eigenvalue weighted by Crippen LogP contribution is -2.31. The summed E-state index contributed by atoms with van der Waals surface area (Å²) in [6.45, 7) is 0. The van der Waals surface area contributed by atoms with Crippen LogP contribution < -0.4 is 0 Å². The third kappa shape index (κ3) is 4.33. The van der Waals surface area contributed by atoms with E-state index in [2.05, 4.69) is 176 Å². The summed E-state index contributed by atoms with van der Waals surface area (Å²) in [5.41, 5.74) is 18.0. The maximum atomic E-state index is 5.55. The fourth-order valence-corrected chi connectivity index (χ4v) is 10.9. The first-order valence-corrected chi connectivity index (χ1v) is 19.8. The molecule has 8 aromatic rings. The predicted molar refractivity (Wildman–Crippen MR) is 229 cm³/mol. The molecule has 2 aliphatic heterocycles. The molecular formula is C52H32N2S. The quantitative estimate of drug-likeness (QED) is 0.179. The number of allylic oxidation sites excluding steroid dienone is 1. The Hall–Kier alpha value is -6.55. The van der Waals surface area contributed by atoms with Crippen LogP contribution in [0.4, 0.5) is 0 Å². The highest BCUT2D eigenvalue weighted by molar-refractivity contribution is 7.99. The maximum Gasteiger partial charge on any atom is 0.159 e. The molecule has 4 aliphatic rings. The molecule has 55 heavy (non-hydrogen) atoms. The third-order valence-corrected chi connectivity index (χ3v) is 13.2. The number of hydrogen-bond donors (Lipinski definition) is 0. The van der Waals surface area contributed by atoms with Crippen molar-refractivity contribution < 1.29 is 0 Å². The van der Waals surface area contributed by atoms with Crippen molar-refractivity contribution in [1.82, 2.24) is 0 Å². The molecule has 2 aliphatic carbocycles. The Labute approximate surface area is 324 Å². The van der Waals surface area contributed by atoms with E-state index in [9.17, 15) is 0 Å². The second-order valence-corrected chi connectivity index (χ2v) is 15.8. The Morgan fingerprint density at radius 1 is 0.436 bits per heavy atom. The van der Waals surface area contributed by atoms with E-state index >= 15 is 0 Å². The Balaban J connectivity index is 1.07. The standard InChI is InChI=1S/C52H32N2S/c1-2-12-32(13-3-1)36-28-29-53-51(35-24-26-37-39-17-10-14-33-15-11-18-40(49(33)39)41(37)31-35)54-50(36)34-25-27-44-42(30-34)38-16-4-5-19-43(38)52(44)45-20-6-8-22-47(45)55-48-23-9-7-21-46(48)52/h1-27,29-31H,28H2. The second kappa shape index (κ2) is 11.7. The molecule has 0 unspecified atom stereocenters. The van der Waals surface area contributed by atoms with Crippen LogP contribution in [0.5, 0.6) is 0 Å². The van der Waals surface area contributed by atoms with E-state index in [4.69, 9.17) is 9.98 Å². The molecule has 2 nitrogen and oxygen atoms in total. The summed E-state index contributed by atoms with van der Waals surface area (Å²) in [6.07, 6.45) is 2.72. The first kappa shape index (κ1) is 30.9. The van der Waals surface area contributed by atoms with E-state index in [0.717, 1.165) is 28.2 Å². The molecule has 12 rings (SSSR count). The third-order valence-electron chi connectivity index (χ3n) is 12.0. The van der Waals surface area contributed by atoms with Crippen molar-refractivity contribution in [3.8, 4) is 33.4 Å². The lowest BCUT2D eigenvalue weighted by atomic mass is 9.67. The molecule has 0 N–H and O–H groups in total. The van der Waals surface area contributed by atoms with Crippen molar-refractivity contribution in [3.63, 3.8) is 0 Å². The average molecular weight is 717 g/mol. The van der Waals surface area contributed by atoms with Crippen molar-refractivity contribution in [2.45, 2.75) is 21.6 Å². The van der Waals surface area contributed by atoms with Gasteiger partial charge < -0.3 is 0 Å². The zero-order chi connectivity index (χ0) is 36.1. The molecule has 0 bridgehead atoms. The van der Waals surface area contributed by atoms with Gasteiger partial charge >= 0.3 is 0 Å². The van der Waals surface area contributed by atoms with Gasteiger partial charge in [-0.15, -0.1) is 0 Å². The molecule has 2 heterocycles. The first-order chi connectivity index (χ1) is 27.3. The van der Waals surface area contributed by atoms with Gasteiger partial charge in [-0.3, -0.25) is 0 Å². The van der Waals surface area contributed by atoms with Crippen molar-refractivity contribution in [1.29, 1.82) is 0 Å². The van der Waals surface area contributed by atoms with Crippen LogP contribution in [0.2, 0.25) is 0 Å². The van der Waals surface area contributed by atoms with Crippen molar-refractivity contribution >= 4 is 45.9 Å². The van der Waals surface area contributed by atoms with Crippen LogP contribution in [0, 0.1) is 0 Å². The highest BCUT2D eigenvalue weighted by Crippen LogP contribution is 2.62. The Kier molecular flexibility index (Phi) is 6.58. The number of benzene rings is 8. The molecule has 0 aromatic heterocycles. The number of fused-ring (bicyclic) bond motifs is 12. The minimum Gasteiger partial charge on any atom is -0.241 e. The highest BCUT2D eigenvalue weighted by Gasteiger charge is 2.50. The molecule has 0 amide bonds. The van der Waals surface area contributed by atoms with Crippen LogP contribution in [-0.2, 0) is 5.41 Å². The van der Waals surface area contributed by atoms with Crippen molar-refractivity contribution in [2.24, 2.45) is 9.98 Å². The zero-order valence-corrected chi connectivity index (χ0v) is 30.6. The maximum absolute atomic E-state index is 5.55. The van der Waals surface area contributed by atoms with Gasteiger partial charge in [0.05, 0.1) is 11.1 Å². The lowest BCUT2D eigenvalue weighted by molar-refractivity contribution is 0.722. The molecule has 1 spiro atoms. The summed E-state index contributed by atoms with van der Waals surface area (Å²) in [6, 6.07) is 64.8. The smallest absolute Gasteiger partial charge is 0.159 e.